The Labute approximate surface area is 216 Å². The number of carbonyl (C=O) groups is 2. The van der Waals surface area contributed by atoms with E-state index >= 15 is 0 Å². The van der Waals surface area contributed by atoms with E-state index in [2.05, 4.69) is 41.0 Å². The number of ether oxygens (including phenoxy) is 3. The Morgan fingerprint density at radius 2 is 1.65 bits per heavy atom. The van der Waals surface area contributed by atoms with Crippen molar-refractivity contribution in [3.05, 3.63) is 65.4 Å². The van der Waals surface area contributed by atoms with Crippen LogP contribution < -0.4 is 9.47 Å². The first-order valence-corrected chi connectivity index (χ1v) is 13.0. The number of aromatic nitrogens is 1. The van der Waals surface area contributed by atoms with Gasteiger partial charge in [0.05, 0.1) is 12.3 Å². The maximum absolute atomic E-state index is 13.2. The minimum atomic E-state index is -0.304. The van der Waals surface area contributed by atoms with Crippen LogP contribution in [0.1, 0.15) is 30.2 Å². The SMILES string of the molecule is CCOC(=O)N1CCN(C(=O)CCc2cc3c(n2-c2ccc4c(c2)OCO4)-c2ccccc2CC3)CC1. The Kier molecular flexibility index (Phi) is 6.24. The lowest BCUT2D eigenvalue weighted by Crippen LogP contribution is -2.50. The van der Waals surface area contributed by atoms with Crippen LogP contribution in [0, 0.1) is 0 Å². The van der Waals surface area contributed by atoms with Crippen LogP contribution in [0.2, 0.25) is 0 Å². The topological polar surface area (TPSA) is 73.2 Å². The van der Waals surface area contributed by atoms with Crippen molar-refractivity contribution in [2.24, 2.45) is 0 Å². The summed E-state index contributed by atoms with van der Waals surface area (Å²) in [4.78, 5) is 28.7. The third-order valence-electron chi connectivity index (χ3n) is 7.46. The molecule has 6 rings (SSSR count). The molecule has 0 atom stereocenters. The van der Waals surface area contributed by atoms with Gasteiger partial charge >= 0.3 is 6.09 Å². The molecular weight excluding hydrogens is 470 g/mol. The second-order valence-corrected chi connectivity index (χ2v) is 9.61. The first-order chi connectivity index (χ1) is 18.1. The predicted octanol–water partition coefficient (Wildman–Crippen LogP) is 4.20. The molecule has 0 bridgehead atoms. The highest BCUT2D eigenvalue weighted by Crippen LogP contribution is 2.40. The number of benzene rings is 2. The molecule has 0 saturated carbocycles. The Hall–Kier alpha value is -3.94. The maximum Gasteiger partial charge on any atom is 0.409 e. The number of fused-ring (bicyclic) bond motifs is 4. The van der Waals surface area contributed by atoms with Gasteiger partial charge in [0.25, 0.3) is 0 Å². The van der Waals surface area contributed by atoms with Gasteiger partial charge in [-0.3, -0.25) is 4.79 Å². The van der Waals surface area contributed by atoms with Crippen LogP contribution in [0.5, 0.6) is 11.5 Å². The van der Waals surface area contributed by atoms with Gasteiger partial charge in [-0.2, -0.15) is 0 Å². The van der Waals surface area contributed by atoms with E-state index in [0.29, 0.717) is 45.6 Å². The lowest BCUT2D eigenvalue weighted by molar-refractivity contribution is -0.132. The summed E-state index contributed by atoms with van der Waals surface area (Å²) >= 11 is 0. The fourth-order valence-corrected chi connectivity index (χ4v) is 5.59. The standard InChI is InChI=1S/C29H31N3O5/c1-2-35-29(34)31-15-13-30(14-16-31)27(33)12-10-22-17-21-8-7-20-5-3-4-6-24(20)28(21)32(22)23-9-11-25-26(18-23)37-19-36-25/h3-6,9,11,17-18H,2,7-8,10,12-16,19H2,1H3. The highest BCUT2D eigenvalue weighted by atomic mass is 16.7. The summed E-state index contributed by atoms with van der Waals surface area (Å²) in [6, 6.07) is 16.9. The fourth-order valence-electron chi connectivity index (χ4n) is 5.59. The molecule has 3 heterocycles. The van der Waals surface area contributed by atoms with E-state index in [9.17, 15) is 9.59 Å². The van der Waals surface area contributed by atoms with Gasteiger partial charge in [0, 0.05) is 55.6 Å². The van der Waals surface area contributed by atoms with E-state index in [1.807, 2.05) is 17.0 Å². The molecule has 192 valence electrons. The summed E-state index contributed by atoms with van der Waals surface area (Å²) in [7, 11) is 0. The predicted molar refractivity (Wildman–Crippen MR) is 138 cm³/mol. The van der Waals surface area contributed by atoms with Gasteiger partial charge in [-0.05, 0) is 55.5 Å². The van der Waals surface area contributed by atoms with Crippen LogP contribution in [0.15, 0.2) is 48.5 Å². The minimum Gasteiger partial charge on any atom is -0.454 e. The molecule has 0 N–H and O–H groups in total. The summed E-state index contributed by atoms with van der Waals surface area (Å²) in [5.41, 5.74) is 7.21. The summed E-state index contributed by atoms with van der Waals surface area (Å²) < 4.78 is 18.6. The van der Waals surface area contributed by atoms with Crippen LogP contribution >= 0.6 is 0 Å². The van der Waals surface area contributed by atoms with Crippen LogP contribution in [-0.2, 0) is 28.8 Å². The van der Waals surface area contributed by atoms with Crippen LogP contribution in [0.25, 0.3) is 16.9 Å². The van der Waals surface area contributed by atoms with Gasteiger partial charge in [-0.15, -0.1) is 0 Å². The van der Waals surface area contributed by atoms with Gasteiger partial charge in [-0.25, -0.2) is 4.79 Å². The van der Waals surface area contributed by atoms with Crippen molar-refractivity contribution in [2.45, 2.75) is 32.6 Å². The zero-order chi connectivity index (χ0) is 25.4. The van der Waals surface area contributed by atoms with Crippen LogP contribution in [0.4, 0.5) is 4.79 Å². The molecule has 2 aliphatic heterocycles. The number of piperazine rings is 1. The quantitative estimate of drug-likeness (QED) is 0.524. The monoisotopic (exact) mass is 501 g/mol. The molecule has 0 spiro atoms. The number of hydrogen-bond donors (Lipinski definition) is 0. The van der Waals surface area contributed by atoms with Crippen molar-refractivity contribution in [3.8, 4) is 28.4 Å². The molecule has 1 fully saturated rings. The summed E-state index contributed by atoms with van der Waals surface area (Å²) in [6.07, 6.45) is 2.72. The number of hydrogen-bond acceptors (Lipinski definition) is 5. The van der Waals surface area contributed by atoms with Crippen molar-refractivity contribution in [3.63, 3.8) is 0 Å². The highest BCUT2D eigenvalue weighted by molar-refractivity contribution is 5.78. The Morgan fingerprint density at radius 1 is 0.892 bits per heavy atom. The lowest BCUT2D eigenvalue weighted by atomic mass is 9.90. The molecule has 0 radical (unpaired) electrons. The summed E-state index contributed by atoms with van der Waals surface area (Å²) in [5, 5.41) is 0. The molecule has 1 aliphatic carbocycles. The molecule has 8 nitrogen and oxygen atoms in total. The van der Waals surface area contributed by atoms with E-state index in [4.69, 9.17) is 14.2 Å². The zero-order valence-electron chi connectivity index (χ0n) is 21.1. The average Bonchev–Trinajstić information content (AvgIpc) is 3.56. The van der Waals surface area contributed by atoms with E-state index in [0.717, 1.165) is 35.7 Å². The lowest BCUT2D eigenvalue weighted by Gasteiger charge is -2.34. The minimum absolute atomic E-state index is 0.111. The van der Waals surface area contributed by atoms with Crippen molar-refractivity contribution in [1.82, 2.24) is 14.4 Å². The number of nitrogens with zero attached hydrogens (tertiary/aromatic N) is 3. The number of aryl methyl sites for hydroxylation is 3. The first-order valence-electron chi connectivity index (χ1n) is 13.0. The normalized spacial score (nSPS) is 15.8. The van der Waals surface area contributed by atoms with E-state index < -0.39 is 0 Å². The van der Waals surface area contributed by atoms with Gasteiger partial charge in [0.2, 0.25) is 12.7 Å². The van der Waals surface area contributed by atoms with Crippen molar-refractivity contribution >= 4 is 12.0 Å². The Bertz CT molecular complexity index is 1340. The first kappa shape index (κ1) is 23.5. The molecule has 1 aromatic heterocycles. The Balaban J connectivity index is 1.25. The number of rotatable bonds is 5. The zero-order valence-corrected chi connectivity index (χ0v) is 21.1. The van der Waals surface area contributed by atoms with Crippen molar-refractivity contribution in [2.75, 3.05) is 39.6 Å². The van der Waals surface area contributed by atoms with Crippen molar-refractivity contribution in [1.29, 1.82) is 0 Å². The summed E-state index contributed by atoms with van der Waals surface area (Å²) in [6.45, 7) is 4.46. The second-order valence-electron chi connectivity index (χ2n) is 9.61. The molecule has 2 amide bonds. The highest BCUT2D eigenvalue weighted by Gasteiger charge is 2.27. The van der Waals surface area contributed by atoms with E-state index in [-0.39, 0.29) is 18.8 Å². The average molecular weight is 502 g/mol. The Morgan fingerprint density at radius 3 is 2.49 bits per heavy atom. The molecule has 1 saturated heterocycles. The van der Waals surface area contributed by atoms with E-state index in [1.165, 1.54) is 22.4 Å². The van der Waals surface area contributed by atoms with Crippen LogP contribution in [-0.4, -0.2) is 65.9 Å². The third-order valence-corrected chi connectivity index (χ3v) is 7.46. The van der Waals surface area contributed by atoms with Crippen LogP contribution in [0.3, 0.4) is 0 Å². The van der Waals surface area contributed by atoms with E-state index in [1.54, 1.807) is 11.8 Å². The smallest absolute Gasteiger partial charge is 0.409 e. The van der Waals surface area contributed by atoms with Gasteiger partial charge in [0.1, 0.15) is 0 Å². The molecule has 3 aliphatic rings. The molecule has 3 aromatic rings. The van der Waals surface area contributed by atoms with Gasteiger partial charge < -0.3 is 28.6 Å². The summed E-state index contributed by atoms with van der Waals surface area (Å²) in [5.74, 6) is 1.61. The fraction of sp³-hybridized carbons (Fsp3) is 0.379. The molecular formula is C29H31N3O5. The maximum atomic E-state index is 13.2. The number of carbonyl (C=O) groups excluding carboxylic acids is 2. The van der Waals surface area contributed by atoms with Crippen molar-refractivity contribution < 1.29 is 23.8 Å². The molecule has 2 aromatic carbocycles. The third kappa shape index (κ3) is 4.41. The number of amides is 2. The molecule has 0 unspecified atom stereocenters. The second kappa shape index (κ2) is 9.84. The van der Waals surface area contributed by atoms with Gasteiger partial charge in [0.15, 0.2) is 11.5 Å². The molecule has 8 heteroatoms. The van der Waals surface area contributed by atoms with Gasteiger partial charge in [-0.1, -0.05) is 24.3 Å². The molecule has 37 heavy (non-hydrogen) atoms. The largest absolute Gasteiger partial charge is 0.454 e.